The Bertz CT molecular complexity index is 612. The number of hydrogen-bond donors (Lipinski definition) is 1. The molecule has 0 radical (unpaired) electrons. The second-order valence-corrected chi connectivity index (χ2v) is 5.96. The molecule has 112 valence electrons. The summed E-state index contributed by atoms with van der Waals surface area (Å²) in [4.78, 5) is 9.71. The molecular weight excluding hydrogens is 306 g/mol. The van der Waals surface area contributed by atoms with Crippen LogP contribution in [-0.4, -0.2) is 10.8 Å². The van der Waals surface area contributed by atoms with Gasteiger partial charge in [-0.05, 0) is 24.5 Å². The third kappa shape index (κ3) is 5.02. The van der Waals surface area contributed by atoms with Crippen LogP contribution in [0.1, 0.15) is 29.6 Å². The summed E-state index contributed by atoms with van der Waals surface area (Å²) in [7, 11) is 0. The summed E-state index contributed by atoms with van der Waals surface area (Å²) >= 11 is 7.72. The number of amidine groups is 1. The van der Waals surface area contributed by atoms with Crippen LogP contribution >= 0.6 is 22.9 Å². The lowest BCUT2D eigenvalue weighted by molar-refractivity contribution is 0.127. The third-order valence-corrected chi connectivity index (χ3v) is 4.11. The van der Waals surface area contributed by atoms with Crippen molar-refractivity contribution in [2.24, 2.45) is 10.9 Å². The molecule has 2 rings (SSSR count). The second kappa shape index (κ2) is 8.00. The van der Waals surface area contributed by atoms with Crippen molar-refractivity contribution in [2.75, 3.05) is 0 Å². The standard InChI is InChI=1S/C15H18ClN3OS/c1-2-5-15-18-12(10-21-15)9-20-19-14(17)8-11-6-3-4-7-13(11)16/h3-4,6-7,10H,2,5,8-9H2,1H3,(H2,17,19). The molecule has 2 N–H and O–H groups in total. The van der Waals surface area contributed by atoms with Gasteiger partial charge in [0.25, 0.3) is 0 Å². The van der Waals surface area contributed by atoms with E-state index in [2.05, 4.69) is 17.1 Å². The van der Waals surface area contributed by atoms with Crippen LogP contribution in [0.15, 0.2) is 34.8 Å². The molecule has 2 aromatic rings. The van der Waals surface area contributed by atoms with Gasteiger partial charge in [-0.25, -0.2) is 4.98 Å². The maximum atomic E-state index is 6.07. The van der Waals surface area contributed by atoms with Crippen molar-refractivity contribution in [1.29, 1.82) is 0 Å². The summed E-state index contributed by atoms with van der Waals surface area (Å²) in [6.07, 6.45) is 2.57. The van der Waals surface area contributed by atoms with Crippen LogP contribution < -0.4 is 5.73 Å². The summed E-state index contributed by atoms with van der Waals surface area (Å²) in [5.74, 6) is 0.395. The van der Waals surface area contributed by atoms with Crippen LogP contribution in [0.2, 0.25) is 5.02 Å². The lowest BCUT2D eigenvalue weighted by atomic mass is 10.1. The number of thiazole rings is 1. The van der Waals surface area contributed by atoms with Crippen LogP contribution in [0.4, 0.5) is 0 Å². The SMILES string of the molecule is CCCc1nc(CO/N=C(/N)Cc2ccccc2Cl)cs1. The van der Waals surface area contributed by atoms with Crippen LogP contribution in [0, 0.1) is 0 Å². The van der Waals surface area contributed by atoms with Gasteiger partial charge in [-0.1, -0.05) is 41.9 Å². The van der Waals surface area contributed by atoms with E-state index in [1.54, 1.807) is 11.3 Å². The van der Waals surface area contributed by atoms with E-state index >= 15 is 0 Å². The first-order valence-electron chi connectivity index (χ1n) is 6.80. The van der Waals surface area contributed by atoms with Gasteiger partial charge >= 0.3 is 0 Å². The third-order valence-electron chi connectivity index (χ3n) is 2.79. The number of halogens is 1. The minimum atomic E-state index is 0.337. The fourth-order valence-electron chi connectivity index (χ4n) is 1.79. The molecule has 0 amide bonds. The Morgan fingerprint density at radius 3 is 3.00 bits per heavy atom. The van der Waals surface area contributed by atoms with E-state index in [0.717, 1.165) is 29.1 Å². The summed E-state index contributed by atoms with van der Waals surface area (Å²) in [6, 6.07) is 7.55. The highest BCUT2D eigenvalue weighted by atomic mass is 35.5. The predicted molar refractivity (Wildman–Crippen MR) is 87.7 cm³/mol. The number of nitrogens with zero attached hydrogens (tertiary/aromatic N) is 2. The van der Waals surface area contributed by atoms with Gasteiger partial charge < -0.3 is 10.6 Å². The lowest BCUT2D eigenvalue weighted by Crippen LogP contribution is -2.15. The van der Waals surface area contributed by atoms with Gasteiger partial charge in [-0.3, -0.25) is 0 Å². The Kier molecular flexibility index (Phi) is 6.02. The van der Waals surface area contributed by atoms with Gasteiger partial charge in [-0.2, -0.15) is 0 Å². The number of rotatable bonds is 7. The molecule has 0 aliphatic heterocycles. The average Bonchev–Trinajstić information content (AvgIpc) is 2.89. The fraction of sp³-hybridized carbons (Fsp3) is 0.333. The van der Waals surface area contributed by atoms with Crippen molar-refractivity contribution >= 4 is 28.8 Å². The summed E-state index contributed by atoms with van der Waals surface area (Å²) < 4.78 is 0. The second-order valence-electron chi connectivity index (χ2n) is 4.61. The molecule has 4 nitrogen and oxygen atoms in total. The quantitative estimate of drug-likeness (QED) is 0.479. The summed E-state index contributed by atoms with van der Waals surface area (Å²) in [5.41, 5.74) is 7.66. The molecule has 0 spiro atoms. The van der Waals surface area contributed by atoms with Gasteiger partial charge in [0.1, 0.15) is 5.84 Å². The van der Waals surface area contributed by atoms with Crippen LogP contribution in [0.5, 0.6) is 0 Å². The molecule has 0 atom stereocenters. The molecule has 0 saturated carbocycles. The van der Waals surface area contributed by atoms with E-state index in [1.165, 1.54) is 0 Å². The average molecular weight is 324 g/mol. The molecule has 0 aliphatic carbocycles. The van der Waals surface area contributed by atoms with Crippen LogP contribution in [0.3, 0.4) is 0 Å². The van der Waals surface area contributed by atoms with Crippen molar-refractivity contribution in [3.8, 4) is 0 Å². The molecule has 0 fully saturated rings. The van der Waals surface area contributed by atoms with E-state index in [-0.39, 0.29) is 0 Å². The van der Waals surface area contributed by atoms with Crippen molar-refractivity contribution in [1.82, 2.24) is 4.98 Å². The molecule has 1 heterocycles. The lowest BCUT2D eigenvalue weighted by Gasteiger charge is -2.03. The zero-order valence-electron chi connectivity index (χ0n) is 11.9. The first-order chi connectivity index (χ1) is 10.2. The molecule has 0 saturated heterocycles. The van der Waals surface area contributed by atoms with E-state index in [9.17, 15) is 0 Å². The molecular formula is C15H18ClN3OS. The summed E-state index contributed by atoms with van der Waals surface area (Å²) in [5, 5.41) is 7.71. The number of aryl methyl sites for hydroxylation is 1. The van der Waals surface area contributed by atoms with Gasteiger partial charge in [0.05, 0.1) is 10.7 Å². The van der Waals surface area contributed by atoms with Gasteiger partial charge in [0.15, 0.2) is 6.61 Å². The van der Waals surface area contributed by atoms with Crippen molar-refractivity contribution in [3.05, 3.63) is 50.9 Å². The topological polar surface area (TPSA) is 60.5 Å². The number of hydrogen-bond acceptors (Lipinski definition) is 4. The highest BCUT2D eigenvalue weighted by molar-refractivity contribution is 7.09. The van der Waals surface area contributed by atoms with E-state index in [0.29, 0.717) is 23.9 Å². The first-order valence-corrected chi connectivity index (χ1v) is 8.05. The normalized spacial score (nSPS) is 11.6. The zero-order valence-corrected chi connectivity index (χ0v) is 13.5. The largest absolute Gasteiger partial charge is 0.388 e. The Hall–Kier alpha value is -1.59. The Labute approximate surface area is 133 Å². The first kappa shape index (κ1) is 15.8. The Balaban J connectivity index is 1.84. The molecule has 21 heavy (non-hydrogen) atoms. The molecule has 0 unspecified atom stereocenters. The maximum absolute atomic E-state index is 6.07. The molecule has 1 aromatic carbocycles. The van der Waals surface area contributed by atoms with Gasteiger partial charge in [-0.15, -0.1) is 11.3 Å². The number of nitrogens with two attached hydrogens (primary N) is 1. The van der Waals surface area contributed by atoms with Crippen LogP contribution in [0.25, 0.3) is 0 Å². The van der Waals surface area contributed by atoms with E-state index in [1.807, 2.05) is 29.6 Å². The van der Waals surface area contributed by atoms with Crippen LogP contribution in [-0.2, 0) is 24.3 Å². The maximum Gasteiger partial charge on any atom is 0.160 e. The minimum absolute atomic E-state index is 0.337. The molecule has 1 aromatic heterocycles. The smallest absolute Gasteiger partial charge is 0.160 e. The highest BCUT2D eigenvalue weighted by Gasteiger charge is 2.04. The number of benzene rings is 1. The van der Waals surface area contributed by atoms with Crippen molar-refractivity contribution in [2.45, 2.75) is 32.8 Å². The number of oxime groups is 1. The summed E-state index contributed by atoms with van der Waals surface area (Å²) in [6.45, 7) is 2.47. The molecule has 0 bridgehead atoms. The molecule has 6 heteroatoms. The molecule has 0 aliphatic rings. The predicted octanol–water partition coefficient (Wildman–Crippen LogP) is 3.78. The number of aromatic nitrogens is 1. The van der Waals surface area contributed by atoms with Gasteiger partial charge in [0.2, 0.25) is 0 Å². The Morgan fingerprint density at radius 1 is 1.43 bits per heavy atom. The zero-order chi connectivity index (χ0) is 15.1. The van der Waals surface area contributed by atoms with E-state index < -0.39 is 0 Å². The van der Waals surface area contributed by atoms with Gasteiger partial charge in [0, 0.05) is 16.8 Å². The minimum Gasteiger partial charge on any atom is -0.388 e. The Morgan fingerprint density at radius 2 is 2.24 bits per heavy atom. The van der Waals surface area contributed by atoms with E-state index in [4.69, 9.17) is 22.2 Å². The van der Waals surface area contributed by atoms with Crippen molar-refractivity contribution < 1.29 is 4.84 Å². The fourth-order valence-corrected chi connectivity index (χ4v) is 2.88. The van der Waals surface area contributed by atoms with Crippen molar-refractivity contribution in [3.63, 3.8) is 0 Å². The highest BCUT2D eigenvalue weighted by Crippen LogP contribution is 2.15. The monoisotopic (exact) mass is 323 g/mol.